The number of hydrogen-bond donors (Lipinski definition) is 0. The van der Waals surface area contributed by atoms with Gasteiger partial charge in [-0.15, -0.1) is 0 Å². The van der Waals surface area contributed by atoms with E-state index in [4.69, 9.17) is 10.00 Å². The number of aromatic nitrogens is 1. The van der Waals surface area contributed by atoms with Crippen molar-refractivity contribution in [1.29, 1.82) is 5.26 Å². The smallest absolute Gasteiger partial charge is 0.161 e. The Bertz CT molecular complexity index is 390. The van der Waals surface area contributed by atoms with Gasteiger partial charge in [0.2, 0.25) is 0 Å². The third-order valence-corrected chi connectivity index (χ3v) is 2.70. The number of nitrogens with zero attached hydrogens (tertiary/aromatic N) is 3. The molecule has 0 aromatic carbocycles. The molecule has 2 rings (SSSR count). The maximum absolute atomic E-state index is 8.78. The highest BCUT2D eigenvalue weighted by atomic mass is 79.9. The van der Waals surface area contributed by atoms with Crippen LogP contribution in [0.1, 0.15) is 0 Å². The summed E-state index contributed by atoms with van der Waals surface area (Å²) in [4.78, 5) is 6.20. The number of pyridine rings is 1. The molecule has 1 aliphatic rings. The van der Waals surface area contributed by atoms with E-state index < -0.39 is 0 Å². The highest BCUT2D eigenvalue weighted by molar-refractivity contribution is 9.10. The molecule has 0 aliphatic carbocycles. The van der Waals surface area contributed by atoms with Gasteiger partial charge in [-0.25, -0.2) is 0 Å². The van der Waals surface area contributed by atoms with Crippen LogP contribution >= 0.6 is 15.9 Å². The van der Waals surface area contributed by atoms with Gasteiger partial charge in [0.05, 0.1) is 31.1 Å². The van der Waals surface area contributed by atoms with Crippen molar-refractivity contribution >= 4 is 21.6 Å². The number of nitriles is 1. The van der Waals surface area contributed by atoms with Crippen LogP contribution in [0.15, 0.2) is 22.9 Å². The fraction of sp³-hybridized carbons (Fsp3) is 0.400. The zero-order valence-corrected chi connectivity index (χ0v) is 9.64. The number of anilines is 1. The van der Waals surface area contributed by atoms with Gasteiger partial charge in [0.15, 0.2) is 6.10 Å². The lowest BCUT2D eigenvalue weighted by Gasteiger charge is -2.31. The van der Waals surface area contributed by atoms with Crippen molar-refractivity contribution in [2.24, 2.45) is 0 Å². The molecule has 0 bridgehead atoms. The molecule has 4 nitrogen and oxygen atoms in total. The number of hydrogen-bond acceptors (Lipinski definition) is 4. The first-order chi connectivity index (χ1) is 7.29. The first-order valence-electron chi connectivity index (χ1n) is 4.66. The van der Waals surface area contributed by atoms with Crippen molar-refractivity contribution in [3.63, 3.8) is 0 Å². The molecule has 0 spiro atoms. The minimum atomic E-state index is -0.335. The monoisotopic (exact) mass is 267 g/mol. The Hall–Kier alpha value is -1.12. The summed E-state index contributed by atoms with van der Waals surface area (Å²) in [6.45, 7) is 2.00. The van der Waals surface area contributed by atoms with Gasteiger partial charge in [-0.3, -0.25) is 4.98 Å². The molecule has 0 N–H and O–H groups in total. The van der Waals surface area contributed by atoms with Crippen molar-refractivity contribution in [2.45, 2.75) is 6.10 Å². The first-order valence-corrected chi connectivity index (χ1v) is 5.45. The largest absolute Gasteiger partial charge is 0.364 e. The van der Waals surface area contributed by atoms with Crippen LogP contribution in [0.25, 0.3) is 0 Å². The Morgan fingerprint density at radius 3 is 3.20 bits per heavy atom. The van der Waals surface area contributed by atoms with Crippen LogP contribution in [0.5, 0.6) is 0 Å². The van der Waals surface area contributed by atoms with Crippen molar-refractivity contribution in [3.8, 4) is 6.07 Å². The summed E-state index contributed by atoms with van der Waals surface area (Å²) in [6, 6.07) is 4.12. The summed E-state index contributed by atoms with van der Waals surface area (Å²) in [7, 11) is 0. The van der Waals surface area contributed by atoms with Gasteiger partial charge in [0, 0.05) is 17.2 Å². The minimum absolute atomic E-state index is 0.335. The molecule has 5 heteroatoms. The summed E-state index contributed by atoms with van der Waals surface area (Å²) < 4.78 is 6.22. The van der Waals surface area contributed by atoms with Crippen molar-refractivity contribution in [3.05, 3.63) is 22.9 Å². The zero-order chi connectivity index (χ0) is 10.7. The molecule has 0 radical (unpaired) electrons. The van der Waals surface area contributed by atoms with E-state index in [1.165, 1.54) is 0 Å². The molecule has 1 saturated heterocycles. The molecule has 0 saturated carbocycles. The van der Waals surface area contributed by atoms with Gasteiger partial charge in [-0.1, -0.05) is 0 Å². The van der Waals surface area contributed by atoms with Gasteiger partial charge < -0.3 is 9.64 Å². The normalized spacial score (nSPS) is 21.1. The molecule has 1 fully saturated rings. The Morgan fingerprint density at radius 1 is 1.60 bits per heavy atom. The summed E-state index contributed by atoms with van der Waals surface area (Å²) in [6.07, 6.45) is 3.20. The summed E-state index contributed by atoms with van der Waals surface area (Å²) in [5.41, 5.74) is 1.02. The second-order valence-corrected chi connectivity index (χ2v) is 4.21. The third kappa shape index (κ3) is 2.46. The Labute approximate surface area is 96.6 Å². The van der Waals surface area contributed by atoms with Crippen LogP contribution < -0.4 is 4.90 Å². The average molecular weight is 268 g/mol. The maximum Gasteiger partial charge on any atom is 0.161 e. The summed E-state index contributed by atoms with van der Waals surface area (Å²) in [5, 5.41) is 8.78. The van der Waals surface area contributed by atoms with Crippen molar-refractivity contribution in [2.75, 3.05) is 24.6 Å². The van der Waals surface area contributed by atoms with Crippen molar-refractivity contribution in [1.82, 2.24) is 4.98 Å². The van der Waals surface area contributed by atoms with Crippen LogP contribution in [-0.4, -0.2) is 30.8 Å². The quantitative estimate of drug-likeness (QED) is 0.775. The van der Waals surface area contributed by atoms with Crippen molar-refractivity contribution < 1.29 is 4.74 Å². The van der Waals surface area contributed by atoms with Crippen LogP contribution in [0.2, 0.25) is 0 Å². The number of morpholine rings is 1. The zero-order valence-electron chi connectivity index (χ0n) is 8.06. The van der Waals surface area contributed by atoms with E-state index in [1.54, 1.807) is 12.4 Å². The van der Waals surface area contributed by atoms with E-state index in [9.17, 15) is 0 Å². The predicted octanol–water partition coefficient (Wildman–Crippen LogP) is 1.57. The molecule has 0 amide bonds. The van der Waals surface area contributed by atoms with Gasteiger partial charge in [0.25, 0.3) is 0 Å². The molecule has 78 valence electrons. The lowest BCUT2D eigenvalue weighted by molar-refractivity contribution is 0.0764. The van der Waals surface area contributed by atoms with Gasteiger partial charge >= 0.3 is 0 Å². The number of rotatable bonds is 1. The Morgan fingerprint density at radius 2 is 2.47 bits per heavy atom. The molecule has 2 heterocycles. The van der Waals surface area contributed by atoms with E-state index in [1.807, 2.05) is 6.07 Å². The second-order valence-electron chi connectivity index (χ2n) is 3.30. The molecular weight excluding hydrogens is 258 g/mol. The van der Waals surface area contributed by atoms with Crippen LogP contribution in [0, 0.1) is 11.3 Å². The highest BCUT2D eigenvalue weighted by Crippen LogP contribution is 2.20. The van der Waals surface area contributed by atoms with Crippen LogP contribution in [0.4, 0.5) is 5.69 Å². The molecular formula is C10H10BrN3O. The molecule has 1 aromatic heterocycles. The standard InChI is InChI=1S/C10H10BrN3O/c11-8-3-9(6-13-5-8)14-1-2-15-10(4-12)7-14/h3,5-6,10H,1-2,7H2. The molecule has 1 unspecified atom stereocenters. The van der Waals surface area contributed by atoms with E-state index in [2.05, 4.69) is 31.9 Å². The van der Waals surface area contributed by atoms with Gasteiger partial charge in [0.1, 0.15) is 0 Å². The van der Waals surface area contributed by atoms with Crippen LogP contribution in [-0.2, 0) is 4.74 Å². The minimum Gasteiger partial charge on any atom is -0.364 e. The number of halogens is 1. The molecule has 15 heavy (non-hydrogen) atoms. The Kier molecular flexibility index (Phi) is 3.19. The van der Waals surface area contributed by atoms with E-state index >= 15 is 0 Å². The second kappa shape index (κ2) is 4.60. The summed E-state index contributed by atoms with van der Waals surface area (Å²) >= 11 is 3.38. The topological polar surface area (TPSA) is 49.2 Å². The van der Waals surface area contributed by atoms with E-state index in [-0.39, 0.29) is 6.10 Å². The van der Waals surface area contributed by atoms with Gasteiger partial charge in [-0.05, 0) is 22.0 Å². The maximum atomic E-state index is 8.78. The fourth-order valence-electron chi connectivity index (χ4n) is 1.54. The Balaban J connectivity index is 2.14. The third-order valence-electron chi connectivity index (χ3n) is 2.27. The van der Waals surface area contributed by atoms with Gasteiger partial charge in [-0.2, -0.15) is 5.26 Å². The summed E-state index contributed by atoms with van der Waals surface area (Å²) in [5.74, 6) is 0. The molecule has 1 atom stereocenters. The molecule has 1 aliphatic heterocycles. The number of ether oxygens (including phenoxy) is 1. The predicted molar refractivity (Wildman–Crippen MR) is 59.5 cm³/mol. The van der Waals surface area contributed by atoms with E-state index in [0.717, 1.165) is 16.7 Å². The lowest BCUT2D eigenvalue weighted by atomic mass is 10.2. The van der Waals surface area contributed by atoms with E-state index in [0.29, 0.717) is 13.2 Å². The first kappa shape index (κ1) is 10.4. The average Bonchev–Trinajstić information content (AvgIpc) is 2.29. The lowest BCUT2D eigenvalue weighted by Crippen LogP contribution is -2.41. The fourth-order valence-corrected chi connectivity index (χ4v) is 1.89. The molecule has 1 aromatic rings. The highest BCUT2D eigenvalue weighted by Gasteiger charge is 2.20. The SMILES string of the molecule is N#CC1CN(c2cncc(Br)c2)CCO1. The van der Waals surface area contributed by atoms with Crippen LogP contribution in [0.3, 0.4) is 0 Å².